The first-order valence-corrected chi connectivity index (χ1v) is 6.85. The van der Waals surface area contributed by atoms with Crippen molar-refractivity contribution in [3.8, 4) is 0 Å². The quantitative estimate of drug-likeness (QED) is 0.790. The van der Waals surface area contributed by atoms with Crippen LogP contribution in [0.2, 0.25) is 0 Å². The van der Waals surface area contributed by atoms with Crippen molar-refractivity contribution in [3.05, 3.63) is 11.8 Å². The zero-order valence-corrected chi connectivity index (χ0v) is 11.9. The predicted molar refractivity (Wildman–Crippen MR) is 70.6 cm³/mol. The molecular formula is C14H23NO4. The molecule has 0 aliphatic carbocycles. The molecule has 1 amide bonds. The summed E-state index contributed by atoms with van der Waals surface area (Å²) >= 11 is 0. The summed E-state index contributed by atoms with van der Waals surface area (Å²) in [6.07, 6.45) is 3.07. The molecule has 2 atom stereocenters. The molecule has 1 fully saturated rings. The van der Waals surface area contributed by atoms with Crippen molar-refractivity contribution in [3.63, 3.8) is 0 Å². The molecule has 1 N–H and O–H groups in total. The van der Waals surface area contributed by atoms with Gasteiger partial charge in [-0.25, -0.2) is 4.79 Å². The van der Waals surface area contributed by atoms with Gasteiger partial charge in [0.1, 0.15) is 5.60 Å². The Morgan fingerprint density at radius 3 is 2.79 bits per heavy atom. The third kappa shape index (κ3) is 3.62. The molecule has 2 aliphatic rings. The third-order valence-corrected chi connectivity index (χ3v) is 3.27. The Kier molecular flexibility index (Phi) is 4.04. The molecule has 0 radical (unpaired) electrons. The number of carbonyl (C=O) groups excluding carboxylic acids is 1. The van der Waals surface area contributed by atoms with Gasteiger partial charge < -0.3 is 19.5 Å². The summed E-state index contributed by atoms with van der Waals surface area (Å²) in [4.78, 5) is 13.5. The first-order valence-electron chi connectivity index (χ1n) is 6.85. The number of hydrogen-bond acceptors (Lipinski definition) is 4. The van der Waals surface area contributed by atoms with Gasteiger partial charge >= 0.3 is 6.09 Å². The van der Waals surface area contributed by atoms with E-state index in [0.717, 1.165) is 18.6 Å². The van der Waals surface area contributed by atoms with Crippen LogP contribution < -0.4 is 0 Å². The van der Waals surface area contributed by atoms with E-state index in [0.29, 0.717) is 19.7 Å². The monoisotopic (exact) mass is 269 g/mol. The highest BCUT2D eigenvalue weighted by Gasteiger charge is 2.39. The lowest BCUT2D eigenvalue weighted by atomic mass is 10.0. The summed E-state index contributed by atoms with van der Waals surface area (Å²) in [5.41, 5.74) is -0.513. The highest BCUT2D eigenvalue weighted by atomic mass is 16.6. The molecule has 2 unspecified atom stereocenters. The van der Waals surface area contributed by atoms with Gasteiger partial charge in [-0.3, -0.25) is 0 Å². The second-order valence-corrected chi connectivity index (χ2v) is 6.16. The maximum absolute atomic E-state index is 12.0. The highest BCUT2D eigenvalue weighted by molar-refractivity contribution is 5.68. The van der Waals surface area contributed by atoms with Crippen LogP contribution in [0.1, 0.15) is 33.6 Å². The summed E-state index contributed by atoms with van der Waals surface area (Å²) in [7, 11) is 0. The minimum absolute atomic E-state index is 0.118. The smallest absolute Gasteiger partial charge is 0.410 e. The molecule has 2 rings (SSSR count). The Hall–Kier alpha value is -1.23. The van der Waals surface area contributed by atoms with Gasteiger partial charge in [-0.2, -0.15) is 0 Å². The van der Waals surface area contributed by atoms with E-state index in [1.807, 2.05) is 26.8 Å². The van der Waals surface area contributed by atoms with Gasteiger partial charge in [-0.1, -0.05) is 0 Å². The summed E-state index contributed by atoms with van der Waals surface area (Å²) in [6.45, 7) is 6.97. The molecule has 0 aromatic carbocycles. The van der Waals surface area contributed by atoms with Crippen molar-refractivity contribution in [2.45, 2.75) is 45.3 Å². The van der Waals surface area contributed by atoms with E-state index in [1.165, 1.54) is 0 Å². The van der Waals surface area contributed by atoms with Crippen LogP contribution in [-0.4, -0.2) is 47.5 Å². The Morgan fingerprint density at radius 1 is 1.47 bits per heavy atom. The minimum Gasteiger partial charge on any atom is -0.498 e. The molecule has 1 saturated heterocycles. The summed E-state index contributed by atoms with van der Waals surface area (Å²) in [5.74, 6) is 0.706. The van der Waals surface area contributed by atoms with Crippen LogP contribution in [0.5, 0.6) is 0 Å². The van der Waals surface area contributed by atoms with Crippen molar-refractivity contribution >= 4 is 6.09 Å². The summed E-state index contributed by atoms with van der Waals surface area (Å²) < 4.78 is 10.9. The highest BCUT2D eigenvalue weighted by Crippen LogP contribution is 2.28. The number of carbonyl (C=O) groups is 1. The van der Waals surface area contributed by atoms with E-state index in [2.05, 4.69) is 0 Å². The number of β-amino-alcohol motifs (C(OH)–C–C–N with tert-alkyl or cyclic N) is 1. The molecule has 0 saturated carbocycles. The van der Waals surface area contributed by atoms with E-state index >= 15 is 0 Å². The van der Waals surface area contributed by atoms with Crippen molar-refractivity contribution in [1.29, 1.82) is 0 Å². The third-order valence-electron chi connectivity index (χ3n) is 3.27. The fourth-order valence-electron chi connectivity index (χ4n) is 2.38. The van der Waals surface area contributed by atoms with Crippen molar-refractivity contribution in [1.82, 2.24) is 4.90 Å². The molecule has 5 nitrogen and oxygen atoms in total. The van der Waals surface area contributed by atoms with Gasteiger partial charge in [0, 0.05) is 6.54 Å². The SMILES string of the molecule is CC(C)(C)OC(=O)N1CC(O)C(C2=CCCCO2)C1. The van der Waals surface area contributed by atoms with Crippen LogP contribution in [0.25, 0.3) is 0 Å². The zero-order chi connectivity index (χ0) is 14.0. The normalized spacial score (nSPS) is 27.8. The molecule has 0 aromatic heterocycles. The summed E-state index contributed by atoms with van der Waals surface area (Å²) in [5, 5.41) is 10.1. The molecule has 0 aromatic rings. The molecule has 2 heterocycles. The summed E-state index contributed by atoms with van der Waals surface area (Å²) in [6, 6.07) is 0. The van der Waals surface area contributed by atoms with Gasteiger partial charge in [-0.15, -0.1) is 0 Å². The number of aliphatic hydroxyl groups excluding tert-OH is 1. The molecule has 108 valence electrons. The Balaban J connectivity index is 1.97. The number of ether oxygens (including phenoxy) is 2. The topological polar surface area (TPSA) is 59.0 Å². The first-order chi connectivity index (χ1) is 8.87. The zero-order valence-electron chi connectivity index (χ0n) is 11.9. The molecule has 5 heteroatoms. The van der Waals surface area contributed by atoms with E-state index in [4.69, 9.17) is 9.47 Å². The molecule has 0 bridgehead atoms. The van der Waals surface area contributed by atoms with E-state index in [1.54, 1.807) is 4.90 Å². The maximum atomic E-state index is 12.0. The number of rotatable bonds is 1. The van der Waals surface area contributed by atoms with Gasteiger partial charge in [0.2, 0.25) is 0 Å². The Morgan fingerprint density at radius 2 is 2.21 bits per heavy atom. The van der Waals surface area contributed by atoms with Crippen molar-refractivity contribution in [2.24, 2.45) is 5.92 Å². The van der Waals surface area contributed by atoms with Gasteiger partial charge in [0.15, 0.2) is 0 Å². The number of aliphatic hydroxyl groups is 1. The first kappa shape index (κ1) is 14.2. The predicted octanol–water partition coefficient (Wildman–Crippen LogP) is 1.91. The second-order valence-electron chi connectivity index (χ2n) is 6.16. The number of amides is 1. The molecular weight excluding hydrogens is 246 g/mol. The number of allylic oxidation sites excluding steroid dienone is 1. The molecule has 2 aliphatic heterocycles. The van der Waals surface area contributed by atoms with Gasteiger partial charge in [0.25, 0.3) is 0 Å². The fraction of sp³-hybridized carbons (Fsp3) is 0.786. The van der Waals surface area contributed by atoms with Crippen LogP contribution in [-0.2, 0) is 9.47 Å². The molecule has 19 heavy (non-hydrogen) atoms. The van der Waals surface area contributed by atoms with E-state index < -0.39 is 11.7 Å². The second kappa shape index (κ2) is 5.41. The van der Waals surface area contributed by atoms with Gasteiger partial charge in [0.05, 0.1) is 30.9 Å². The maximum Gasteiger partial charge on any atom is 0.410 e. The lowest BCUT2D eigenvalue weighted by Crippen LogP contribution is -2.35. The van der Waals surface area contributed by atoms with E-state index in [-0.39, 0.29) is 12.0 Å². The van der Waals surface area contributed by atoms with Crippen LogP contribution in [0.4, 0.5) is 4.79 Å². The number of hydrogen-bond donors (Lipinski definition) is 1. The molecule has 0 spiro atoms. The lowest BCUT2D eigenvalue weighted by Gasteiger charge is -2.24. The average molecular weight is 269 g/mol. The van der Waals surface area contributed by atoms with Crippen LogP contribution in [0, 0.1) is 5.92 Å². The van der Waals surface area contributed by atoms with Crippen LogP contribution in [0.3, 0.4) is 0 Å². The van der Waals surface area contributed by atoms with Crippen LogP contribution >= 0.6 is 0 Å². The van der Waals surface area contributed by atoms with Crippen molar-refractivity contribution in [2.75, 3.05) is 19.7 Å². The average Bonchev–Trinajstić information content (AvgIpc) is 2.70. The number of nitrogens with zero attached hydrogens (tertiary/aromatic N) is 1. The van der Waals surface area contributed by atoms with Gasteiger partial charge in [-0.05, 0) is 39.7 Å². The van der Waals surface area contributed by atoms with Crippen molar-refractivity contribution < 1.29 is 19.4 Å². The standard InChI is InChI=1S/C14H23NO4/c1-14(2,3)19-13(17)15-8-10(11(16)9-15)12-6-4-5-7-18-12/h6,10-11,16H,4-5,7-9H2,1-3H3. The number of likely N-dealkylation sites (tertiary alicyclic amines) is 1. The lowest BCUT2D eigenvalue weighted by molar-refractivity contribution is 0.0269. The Labute approximate surface area is 114 Å². The largest absolute Gasteiger partial charge is 0.498 e. The van der Waals surface area contributed by atoms with E-state index in [9.17, 15) is 9.90 Å². The van der Waals surface area contributed by atoms with Crippen LogP contribution in [0.15, 0.2) is 11.8 Å². The Bertz CT molecular complexity index is 372. The minimum atomic E-state index is -0.572. The fourth-order valence-corrected chi connectivity index (χ4v) is 2.38.